The summed E-state index contributed by atoms with van der Waals surface area (Å²) in [5, 5.41) is 12.8. The SMILES string of the molecule is Cc1nc(N)c(C)c(NCC2CCC(O)C2)n1. The van der Waals surface area contributed by atoms with Crippen LogP contribution in [0, 0.1) is 19.8 Å². The van der Waals surface area contributed by atoms with Gasteiger partial charge in [-0.2, -0.15) is 0 Å². The van der Waals surface area contributed by atoms with Crippen molar-refractivity contribution in [1.82, 2.24) is 9.97 Å². The van der Waals surface area contributed by atoms with Gasteiger partial charge in [-0.1, -0.05) is 0 Å². The Kier molecular flexibility index (Phi) is 3.47. The molecule has 1 aromatic heterocycles. The third kappa shape index (κ3) is 2.85. The molecule has 1 heterocycles. The summed E-state index contributed by atoms with van der Waals surface area (Å²) in [6.07, 6.45) is 2.74. The first kappa shape index (κ1) is 12.1. The molecule has 2 unspecified atom stereocenters. The molecular weight excluding hydrogens is 216 g/mol. The average Bonchev–Trinajstić information content (AvgIpc) is 2.67. The number of hydrogen-bond acceptors (Lipinski definition) is 5. The maximum atomic E-state index is 9.47. The van der Waals surface area contributed by atoms with Crippen molar-refractivity contribution in [1.29, 1.82) is 0 Å². The monoisotopic (exact) mass is 236 g/mol. The second kappa shape index (κ2) is 4.87. The van der Waals surface area contributed by atoms with Crippen molar-refractivity contribution in [3.63, 3.8) is 0 Å². The highest BCUT2D eigenvalue weighted by atomic mass is 16.3. The molecule has 0 bridgehead atoms. The molecule has 0 spiro atoms. The Morgan fingerprint density at radius 3 is 2.76 bits per heavy atom. The lowest BCUT2D eigenvalue weighted by Crippen LogP contribution is -2.15. The van der Waals surface area contributed by atoms with Crippen molar-refractivity contribution >= 4 is 11.6 Å². The number of rotatable bonds is 3. The van der Waals surface area contributed by atoms with Crippen LogP contribution in [0.4, 0.5) is 11.6 Å². The third-order valence-electron chi connectivity index (χ3n) is 3.37. The van der Waals surface area contributed by atoms with Gasteiger partial charge < -0.3 is 16.2 Å². The molecule has 0 aromatic carbocycles. The molecule has 1 aromatic rings. The molecule has 5 nitrogen and oxygen atoms in total. The van der Waals surface area contributed by atoms with E-state index in [1.807, 2.05) is 13.8 Å². The summed E-state index contributed by atoms with van der Waals surface area (Å²) in [6.45, 7) is 4.59. The van der Waals surface area contributed by atoms with Crippen LogP contribution < -0.4 is 11.1 Å². The highest BCUT2D eigenvalue weighted by Gasteiger charge is 2.22. The van der Waals surface area contributed by atoms with E-state index in [4.69, 9.17) is 5.73 Å². The molecule has 0 saturated heterocycles. The van der Waals surface area contributed by atoms with Gasteiger partial charge in [-0.3, -0.25) is 0 Å². The normalized spacial score (nSPS) is 23.9. The fourth-order valence-electron chi connectivity index (χ4n) is 2.30. The van der Waals surface area contributed by atoms with Crippen LogP contribution in [0.25, 0.3) is 0 Å². The number of aryl methyl sites for hydroxylation is 1. The zero-order valence-electron chi connectivity index (χ0n) is 10.4. The van der Waals surface area contributed by atoms with Gasteiger partial charge in [0.05, 0.1) is 6.10 Å². The summed E-state index contributed by atoms with van der Waals surface area (Å²) in [6, 6.07) is 0. The van der Waals surface area contributed by atoms with E-state index >= 15 is 0 Å². The van der Waals surface area contributed by atoms with Gasteiger partial charge >= 0.3 is 0 Å². The van der Waals surface area contributed by atoms with Crippen LogP contribution in [0.2, 0.25) is 0 Å². The van der Waals surface area contributed by atoms with E-state index in [-0.39, 0.29) is 6.10 Å². The van der Waals surface area contributed by atoms with E-state index in [2.05, 4.69) is 15.3 Å². The minimum absolute atomic E-state index is 0.125. The number of nitrogens with one attached hydrogen (secondary N) is 1. The standard InChI is InChI=1S/C12H20N4O/c1-7-11(13)15-8(2)16-12(7)14-6-9-3-4-10(17)5-9/h9-10,17H,3-6H2,1-2H3,(H3,13,14,15,16). The molecule has 2 rings (SSSR count). The number of aliphatic hydroxyl groups is 1. The van der Waals surface area contributed by atoms with Crippen LogP contribution in [-0.4, -0.2) is 27.7 Å². The predicted octanol–water partition coefficient (Wildman–Crippen LogP) is 1.25. The molecule has 1 aliphatic carbocycles. The number of nitrogen functional groups attached to an aromatic ring is 1. The molecule has 4 N–H and O–H groups in total. The lowest BCUT2D eigenvalue weighted by molar-refractivity contribution is 0.178. The Balaban J connectivity index is 1.99. The molecule has 1 aliphatic rings. The predicted molar refractivity (Wildman–Crippen MR) is 67.8 cm³/mol. The van der Waals surface area contributed by atoms with Crippen LogP contribution >= 0.6 is 0 Å². The summed E-state index contributed by atoms with van der Waals surface area (Å²) in [5.41, 5.74) is 6.69. The fourth-order valence-corrected chi connectivity index (χ4v) is 2.30. The smallest absolute Gasteiger partial charge is 0.134 e. The van der Waals surface area contributed by atoms with Gasteiger partial charge in [0.1, 0.15) is 17.5 Å². The summed E-state index contributed by atoms with van der Waals surface area (Å²) in [5.74, 6) is 2.56. The van der Waals surface area contributed by atoms with E-state index < -0.39 is 0 Å². The van der Waals surface area contributed by atoms with Gasteiger partial charge in [0, 0.05) is 12.1 Å². The lowest BCUT2D eigenvalue weighted by Gasteiger charge is -2.14. The maximum absolute atomic E-state index is 9.47. The fraction of sp³-hybridized carbons (Fsp3) is 0.667. The van der Waals surface area contributed by atoms with Crippen molar-refractivity contribution in [2.75, 3.05) is 17.6 Å². The number of hydrogen-bond donors (Lipinski definition) is 3. The molecular formula is C12H20N4O. The number of aliphatic hydroxyl groups excluding tert-OH is 1. The highest BCUT2D eigenvalue weighted by molar-refractivity contribution is 5.54. The Bertz CT molecular complexity index is 408. The van der Waals surface area contributed by atoms with Gasteiger partial charge in [-0.25, -0.2) is 9.97 Å². The van der Waals surface area contributed by atoms with Gasteiger partial charge in [0.15, 0.2) is 0 Å². The van der Waals surface area contributed by atoms with Crippen molar-refractivity contribution < 1.29 is 5.11 Å². The maximum Gasteiger partial charge on any atom is 0.134 e. The number of anilines is 2. The first-order chi connectivity index (χ1) is 8.06. The average molecular weight is 236 g/mol. The van der Waals surface area contributed by atoms with Gasteiger partial charge in [0.25, 0.3) is 0 Å². The van der Waals surface area contributed by atoms with Crippen molar-refractivity contribution in [3.8, 4) is 0 Å². The van der Waals surface area contributed by atoms with Crippen molar-refractivity contribution in [3.05, 3.63) is 11.4 Å². The molecule has 1 saturated carbocycles. The van der Waals surface area contributed by atoms with Gasteiger partial charge in [0.2, 0.25) is 0 Å². The number of nitrogens with two attached hydrogens (primary N) is 1. The quantitative estimate of drug-likeness (QED) is 0.735. The number of aromatic nitrogens is 2. The molecule has 0 amide bonds. The summed E-state index contributed by atoms with van der Waals surface area (Å²) in [4.78, 5) is 8.46. The Morgan fingerprint density at radius 2 is 2.12 bits per heavy atom. The summed E-state index contributed by atoms with van der Waals surface area (Å²) < 4.78 is 0. The van der Waals surface area contributed by atoms with Crippen LogP contribution in [-0.2, 0) is 0 Å². The zero-order valence-corrected chi connectivity index (χ0v) is 10.4. The van der Waals surface area contributed by atoms with E-state index in [0.717, 1.165) is 37.2 Å². The Hall–Kier alpha value is -1.36. The molecule has 0 aliphatic heterocycles. The van der Waals surface area contributed by atoms with Crippen LogP contribution in [0.1, 0.15) is 30.7 Å². The molecule has 2 atom stereocenters. The molecule has 0 radical (unpaired) electrons. The zero-order chi connectivity index (χ0) is 12.4. The molecule has 1 fully saturated rings. The second-order valence-corrected chi connectivity index (χ2v) is 4.84. The largest absolute Gasteiger partial charge is 0.393 e. The lowest BCUT2D eigenvalue weighted by atomic mass is 10.1. The summed E-state index contributed by atoms with van der Waals surface area (Å²) in [7, 11) is 0. The van der Waals surface area contributed by atoms with E-state index in [1.54, 1.807) is 0 Å². The first-order valence-electron chi connectivity index (χ1n) is 6.09. The number of nitrogens with zero attached hydrogens (tertiary/aromatic N) is 2. The van der Waals surface area contributed by atoms with Crippen LogP contribution in [0.3, 0.4) is 0 Å². The third-order valence-corrected chi connectivity index (χ3v) is 3.37. The minimum Gasteiger partial charge on any atom is -0.393 e. The van der Waals surface area contributed by atoms with Crippen molar-refractivity contribution in [2.24, 2.45) is 5.92 Å². The Morgan fingerprint density at radius 1 is 1.35 bits per heavy atom. The van der Waals surface area contributed by atoms with Gasteiger partial charge in [-0.15, -0.1) is 0 Å². The topological polar surface area (TPSA) is 84.1 Å². The van der Waals surface area contributed by atoms with Crippen LogP contribution in [0.5, 0.6) is 0 Å². The first-order valence-corrected chi connectivity index (χ1v) is 6.09. The van der Waals surface area contributed by atoms with Crippen molar-refractivity contribution in [2.45, 2.75) is 39.2 Å². The van der Waals surface area contributed by atoms with Gasteiger partial charge in [-0.05, 0) is 39.0 Å². The molecule has 17 heavy (non-hydrogen) atoms. The van der Waals surface area contributed by atoms with Crippen LogP contribution in [0.15, 0.2) is 0 Å². The summed E-state index contributed by atoms with van der Waals surface area (Å²) >= 11 is 0. The highest BCUT2D eigenvalue weighted by Crippen LogP contribution is 2.26. The second-order valence-electron chi connectivity index (χ2n) is 4.84. The molecule has 5 heteroatoms. The van der Waals surface area contributed by atoms with E-state index in [9.17, 15) is 5.11 Å². The van der Waals surface area contributed by atoms with E-state index in [0.29, 0.717) is 17.6 Å². The molecule has 94 valence electrons. The Labute approximate surface area is 101 Å². The minimum atomic E-state index is -0.125. The van der Waals surface area contributed by atoms with E-state index in [1.165, 1.54) is 0 Å².